The molecule has 0 aliphatic heterocycles. The highest BCUT2D eigenvalue weighted by molar-refractivity contribution is 5.72. The predicted octanol–water partition coefficient (Wildman–Crippen LogP) is 5.60. The standard InChI is InChI=1S/C30H34FNO7/c1-2-36-28(29(33)34)22-23-10-14-26(15-11-23)38-21-19-32(30(35)39-27-16-12-24(31)13-17-27)18-6-7-20-37-25-8-4-3-5-9-25/h3-5,8-17,28H,2,6-7,18-22H2,1H3,(H,33,34). The van der Waals surface area contributed by atoms with Crippen molar-refractivity contribution in [3.05, 3.63) is 90.2 Å². The molecule has 0 saturated heterocycles. The molecule has 0 bridgehead atoms. The van der Waals surface area contributed by atoms with Gasteiger partial charge in [-0.25, -0.2) is 14.0 Å². The van der Waals surface area contributed by atoms with Gasteiger partial charge in [-0.2, -0.15) is 0 Å². The summed E-state index contributed by atoms with van der Waals surface area (Å²) in [6, 6.07) is 21.9. The van der Waals surface area contributed by atoms with Gasteiger partial charge in [0.15, 0.2) is 6.10 Å². The molecule has 8 nitrogen and oxygen atoms in total. The van der Waals surface area contributed by atoms with Crippen LogP contribution in [0.2, 0.25) is 0 Å². The first-order valence-electron chi connectivity index (χ1n) is 12.9. The van der Waals surface area contributed by atoms with Gasteiger partial charge >= 0.3 is 12.1 Å². The molecule has 0 saturated carbocycles. The first kappa shape index (κ1) is 29.4. The number of hydrogen-bond donors (Lipinski definition) is 1. The summed E-state index contributed by atoms with van der Waals surface area (Å²) in [7, 11) is 0. The van der Waals surface area contributed by atoms with Crippen molar-refractivity contribution in [2.45, 2.75) is 32.3 Å². The van der Waals surface area contributed by atoms with Gasteiger partial charge in [-0.05, 0) is 73.9 Å². The van der Waals surface area contributed by atoms with Gasteiger partial charge in [0, 0.05) is 19.6 Å². The lowest BCUT2D eigenvalue weighted by molar-refractivity contribution is -0.149. The summed E-state index contributed by atoms with van der Waals surface area (Å²) < 4.78 is 35.4. The molecule has 1 atom stereocenters. The molecular formula is C30H34FNO7. The van der Waals surface area contributed by atoms with E-state index in [0.717, 1.165) is 17.7 Å². The number of unbranched alkanes of at least 4 members (excludes halogenated alkanes) is 1. The van der Waals surface area contributed by atoms with E-state index in [9.17, 15) is 19.1 Å². The van der Waals surface area contributed by atoms with E-state index < -0.39 is 24.0 Å². The molecule has 3 aromatic rings. The Morgan fingerprint density at radius 2 is 1.46 bits per heavy atom. The normalized spacial score (nSPS) is 11.4. The maximum absolute atomic E-state index is 13.2. The highest BCUT2D eigenvalue weighted by atomic mass is 19.1. The topological polar surface area (TPSA) is 94.5 Å². The number of nitrogens with zero attached hydrogens (tertiary/aromatic N) is 1. The van der Waals surface area contributed by atoms with Crippen LogP contribution in [0, 0.1) is 5.82 Å². The summed E-state index contributed by atoms with van der Waals surface area (Å²) in [5.74, 6) is 0.213. The quantitative estimate of drug-likeness (QED) is 0.237. The Hall–Kier alpha value is -4.11. The third kappa shape index (κ3) is 10.6. The fourth-order valence-electron chi connectivity index (χ4n) is 3.70. The Balaban J connectivity index is 1.50. The lowest BCUT2D eigenvalue weighted by Crippen LogP contribution is -2.37. The number of carbonyl (C=O) groups excluding carboxylic acids is 1. The maximum Gasteiger partial charge on any atom is 0.415 e. The van der Waals surface area contributed by atoms with Crippen LogP contribution in [0.3, 0.4) is 0 Å². The molecule has 0 aliphatic carbocycles. The second kappa shape index (κ2) is 16.0. The second-order valence-corrected chi connectivity index (χ2v) is 8.66. The molecule has 0 radical (unpaired) electrons. The minimum Gasteiger partial charge on any atom is -0.494 e. The number of ether oxygens (including phenoxy) is 4. The molecule has 3 aromatic carbocycles. The molecule has 0 aromatic heterocycles. The number of halogens is 1. The molecule has 0 heterocycles. The van der Waals surface area contributed by atoms with E-state index in [0.29, 0.717) is 31.9 Å². The van der Waals surface area contributed by atoms with Gasteiger partial charge < -0.3 is 29.0 Å². The van der Waals surface area contributed by atoms with Crippen LogP contribution < -0.4 is 14.2 Å². The molecule has 3 rings (SSSR count). The van der Waals surface area contributed by atoms with Crippen molar-refractivity contribution in [2.24, 2.45) is 0 Å². The van der Waals surface area contributed by atoms with Gasteiger partial charge in [0.2, 0.25) is 0 Å². The van der Waals surface area contributed by atoms with E-state index in [2.05, 4.69) is 0 Å². The Morgan fingerprint density at radius 1 is 0.821 bits per heavy atom. The van der Waals surface area contributed by atoms with Crippen LogP contribution in [-0.4, -0.2) is 61.1 Å². The summed E-state index contributed by atoms with van der Waals surface area (Å²) in [5, 5.41) is 9.27. The monoisotopic (exact) mass is 539 g/mol. The molecule has 0 spiro atoms. The molecule has 1 amide bonds. The number of carboxylic acids is 1. The third-order valence-electron chi connectivity index (χ3n) is 5.73. The van der Waals surface area contributed by atoms with Gasteiger partial charge in [0.1, 0.15) is 29.7 Å². The van der Waals surface area contributed by atoms with Crippen LogP contribution >= 0.6 is 0 Å². The molecule has 208 valence electrons. The number of para-hydroxylation sites is 1. The van der Waals surface area contributed by atoms with Crippen molar-refractivity contribution < 1.29 is 38.0 Å². The van der Waals surface area contributed by atoms with Crippen molar-refractivity contribution in [1.29, 1.82) is 0 Å². The van der Waals surface area contributed by atoms with Crippen LogP contribution in [0.4, 0.5) is 9.18 Å². The summed E-state index contributed by atoms with van der Waals surface area (Å²) in [6.45, 7) is 3.50. The molecule has 39 heavy (non-hydrogen) atoms. The lowest BCUT2D eigenvalue weighted by Gasteiger charge is -2.22. The molecule has 0 aliphatic rings. The summed E-state index contributed by atoms with van der Waals surface area (Å²) in [6.07, 6.45) is 0.211. The van der Waals surface area contributed by atoms with Crippen molar-refractivity contribution in [3.8, 4) is 17.2 Å². The van der Waals surface area contributed by atoms with Gasteiger partial charge in [-0.1, -0.05) is 30.3 Å². The van der Waals surface area contributed by atoms with Gasteiger partial charge in [0.25, 0.3) is 0 Å². The highest BCUT2D eigenvalue weighted by Gasteiger charge is 2.18. The van der Waals surface area contributed by atoms with E-state index in [-0.39, 0.29) is 25.3 Å². The van der Waals surface area contributed by atoms with E-state index in [1.807, 2.05) is 30.3 Å². The average Bonchev–Trinajstić information content (AvgIpc) is 2.94. The van der Waals surface area contributed by atoms with Crippen LogP contribution in [0.25, 0.3) is 0 Å². The molecule has 1 unspecified atom stereocenters. The summed E-state index contributed by atoms with van der Waals surface area (Å²) >= 11 is 0. The van der Waals surface area contributed by atoms with E-state index >= 15 is 0 Å². The van der Waals surface area contributed by atoms with Gasteiger partial charge in [-0.3, -0.25) is 0 Å². The Bertz CT molecular complexity index is 1140. The first-order chi connectivity index (χ1) is 18.9. The van der Waals surface area contributed by atoms with E-state index in [4.69, 9.17) is 18.9 Å². The van der Waals surface area contributed by atoms with Gasteiger partial charge in [0.05, 0.1) is 13.2 Å². The largest absolute Gasteiger partial charge is 0.494 e. The summed E-state index contributed by atoms with van der Waals surface area (Å²) in [5.41, 5.74) is 0.811. The van der Waals surface area contributed by atoms with Crippen LogP contribution in [-0.2, 0) is 16.0 Å². The predicted molar refractivity (Wildman–Crippen MR) is 144 cm³/mol. The molecular weight excluding hydrogens is 505 g/mol. The third-order valence-corrected chi connectivity index (χ3v) is 5.73. The SMILES string of the molecule is CCOC(Cc1ccc(OCCN(CCCCOc2ccccc2)C(=O)Oc2ccc(F)cc2)cc1)C(=O)O. The number of amides is 1. The number of aliphatic carboxylic acids is 1. The zero-order chi connectivity index (χ0) is 27.9. The average molecular weight is 540 g/mol. The lowest BCUT2D eigenvalue weighted by atomic mass is 10.1. The van der Waals surface area contributed by atoms with Crippen molar-refractivity contribution in [1.82, 2.24) is 4.90 Å². The van der Waals surface area contributed by atoms with Crippen molar-refractivity contribution in [2.75, 3.05) is 32.9 Å². The number of rotatable bonds is 16. The van der Waals surface area contributed by atoms with Crippen LogP contribution in [0.1, 0.15) is 25.3 Å². The molecule has 0 fully saturated rings. The second-order valence-electron chi connectivity index (χ2n) is 8.66. The number of carboxylic acid groups (broad SMARTS) is 1. The van der Waals surface area contributed by atoms with Crippen LogP contribution in [0.15, 0.2) is 78.9 Å². The highest BCUT2D eigenvalue weighted by Crippen LogP contribution is 2.16. The van der Waals surface area contributed by atoms with Crippen LogP contribution in [0.5, 0.6) is 17.2 Å². The van der Waals surface area contributed by atoms with E-state index in [1.165, 1.54) is 24.3 Å². The van der Waals surface area contributed by atoms with Gasteiger partial charge in [-0.15, -0.1) is 0 Å². The first-order valence-corrected chi connectivity index (χ1v) is 12.9. The van der Waals surface area contributed by atoms with Crippen molar-refractivity contribution >= 4 is 12.1 Å². The summed E-state index contributed by atoms with van der Waals surface area (Å²) in [4.78, 5) is 25.7. The fraction of sp³-hybridized carbons (Fsp3) is 0.333. The smallest absolute Gasteiger partial charge is 0.415 e. The minimum atomic E-state index is -1.00. The Labute approximate surface area is 227 Å². The number of carbonyl (C=O) groups is 2. The molecule has 1 N–H and O–H groups in total. The fourth-order valence-corrected chi connectivity index (χ4v) is 3.70. The van der Waals surface area contributed by atoms with E-state index in [1.54, 1.807) is 36.1 Å². The van der Waals surface area contributed by atoms with Crippen molar-refractivity contribution in [3.63, 3.8) is 0 Å². The zero-order valence-electron chi connectivity index (χ0n) is 22.0. The Kier molecular flexibility index (Phi) is 12.1. The molecule has 9 heteroatoms. The number of hydrogen-bond acceptors (Lipinski definition) is 6. The Morgan fingerprint density at radius 3 is 2.13 bits per heavy atom. The maximum atomic E-state index is 13.2. The number of benzene rings is 3. The minimum absolute atomic E-state index is 0.217. The zero-order valence-corrected chi connectivity index (χ0v) is 22.0.